The minimum Gasteiger partial charge on any atom is -0.326 e. The van der Waals surface area contributed by atoms with Gasteiger partial charge in [-0.1, -0.05) is 18.2 Å². The number of hydrogen-bond donors (Lipinski definition) is 1. The lowest BCUT2D eigenvalue weighted by atomic mass is 10.0. The topological polar surface area (TPSA) is 43.1 Å². The van der Waals surface area contributed by atoms with Crippen molar-refractivity contribution in [1.29, 1.82) is 0 Å². The predicted molar refractivity (Wildman–Crippen MR) is 78.2 cm³/mol. The molecule has 0 saturated heterocycles. The van der Waals surface area contributed by atoms with Crippen molar-refractivity contribution in [2.75, 3.05) is 0 Å². The molecule has 0 radical (unpaired) electrons. The fourth-order valence-electron chi connectivity index (χ4n) is 2.32. The van der Waals surface area contributed by atoms with E-state index in [1.807, 2.05) is 43.3 Å². The Hall–Kier alpha value is -1.71. The minimum absolute atomic E-state index is 0.100. The molecule has 0 aliphatic carbocycles. The van der Waals surface area contributed by atoms with Crippen molar-refractivity contribution in [1.82, 2.24) is 0 Å². The Labute approximate surface area is 109 Å². The van der Waals surface area contributed by atoms with Crippen molar-refractivity contribution >= 4 is 31.5 Å². The third-order valence-electron chi connectivity index (χ3n) is 3.29. The molecule has 2 aromatic carbocycles. The van der Waals surface area contributed by atoms with Gasteiger partial charge in [-0.25, -0.2) is 0 Å². The van der Waals surface area contributed by atoms with Gasteiger partial charge < -0.3 is 5.73 Å². The number of rotatable bonds is 1. The normalized spacial score (nSPS) is 11.2. The lowest BCUT2D eigenvalue weighted by Crippen LogP contribution is -2.08. The van der Waals surface area contributed by atoms with Crippen molar-refractivity contribution in [2.45, 2.75) is 13.5 Å². The van der Waals surface area contributed by atoms with Gasteiger partial charge in [-0.3, -0.25) is 4.79 Å². The molecule has 0 bridgehead atoms. The van der Waals surface area contributed by atoms with E-state index < -0.39 is 0 Å². The first-order valence-electron chi connectivity index (χ1n) is 5.86. The highest BCUT2D eigenvalue weighted by Crippen LogP contribution is 2.27. The van der Waals surface area contributed by atoms with E-state index in [9.17, 15) is 4.79 Å². The first-order chi connectivity index (χ1) is 8.72. The van der Waals surface area contributed by atoms with Crippen molar-refractivity contribution in [2.24, 2.45) is 5.73 Å². The molecule has 3 aromatic rings. The van der Waals surface area contributed by atoms with Gasteiger partial charge in [0.15, 0.2) is 5.43 Å². The quantitative estimate of drug-likeness (QED) is 0.679. The zero-order valence-electron chi connectivity index (χ0n) is 10.1. The SMILES string of the molecule is Cc1ccc2sc3ccccc3c(=O)c2c1CN. The van der Waals surface area contributed by atoms with E-state index in [0.717, 1.165) is 31.3 Å². The lowest BCUT2D eigenvalue weighted by Gasteiger charge is -2.08. The molecular weight excluding hydrogens is 242 g/mol. The number of aryl methyl sites for hydroxylation is 1. The molecule has 2 N–H and O–H groups in total. The van der Waals surface area contributed by atoms with Crippen LogP contribution in [0, 0.1) is 6.92 Å². The highest BCUT2D eigenvalue weighted by atomic mass is 32.1. The first-order valence-corrected chi connectivity index (χ1v) is 6.68. The van der Waals surface area contributed by atoms with Gasteiger partial charge in [0, 0.05) is 26.7 Å². The minimum atomic E-state index is 0.100. The molecule has 18 heavy (non-hydrogen) atoms. The van der Waals surface area contributed by atoms with E-state index in [-0.39, 0.29) is 5.43 Å². The summed E-state index contributed by atoms with van der Waals surface area (Å²) < 4.78 is 2.05. The number of fused-ring (bicyclic) bond motifs is 2. The number of nitrogens with two attached hydrogens (primary N) is 1. The second-order valence-electron chi connectivity index (χ2n) is 4.37. The largest absolute Gasteiger partial charge is 0.326 e. The van der Waals surface area contributed by atoms with Gasteiger partial charge in [-0.05, 0) is 36.2 Å². The van der Waals surface area contributed by atoms with Gasteiger partial charge in [0.05, 0.1) is 0 Å². The van der Waals surface area contributed by atoms with Crippen molar-refractivity contribution in [3.63, 3.8) is 0 Å². The summed E-state index contributed by atoms with van der Waals surface area (Å²) in [6.45, 7) is 2.41. The molecule has 90 valence electrons. The summed E-state index contributed by atoms with van der Waals surface area (Å²) in [5.41, 5.74) is 7.96. The van der Waals surface area contributed by atoms with Crippen LogP contribution in [0.15, 0.2) is 41.2 Å². The molecular formula is C15H13NOS. The molecule has 0 saturated carbocycles. The summed E-state index contributed by atoms with van der Waals surface area (Å²) in [6.07, 6.45) is 0. The summed E-state index contributed by atoms with van der Waals surface area (Å²) >= 11 is 1.65. The zero-order chi connectivity index (χ0) is 12.7. The van der Waals surface area contributed by atoms with E-state index in [1.54, 1.807) is 11.3 Å². The summed E-state index contributed by atoms with van der Waals surface area (Å²) in [4.78, 5) is 12.6. The van der Waals surface area contributed by atoms with E-state index in [2.05, 4.69) is 0 Å². The van der Waals surface area contributed by atoms with Crippen molar-refractivity contribution in [3.8, 4) is 0 Å². The molecule has 1 aromatic heterocycles. The van der Waals surface area contributed by atoms with Crippen LogP contribution in [0.5, 0.6) is 0 Å². The van der Waals surface area contributed by atoms with Crippen LogP contribution in [0.2, 0.25) is 0 Å². The van der Waals surface area contributed by atoms with Crippen LogP contribution in [0.25, 0.3) is 20.2 Å². The van der Waals surface area contributed by atoms with Gasteiger partial charge in [0.1, 0.15) is 0 Å². The first kappa shape index (κ1) is 11.4. The van der Waals surface area contributed by atoms with E-state index >= 15 is 0 Å². The third kappa shape index (κ3) is 1.55. The number of hydrogen-bond acceptors (Lipinski definition) is 3. The van der Waals surface area contributed by atoms with Gasteiger partial charge in [-0.2, -0.15) is 0 Å². The van der Waals surface area contributed by atoms with Crippen LogP contribution in [0.4, 0.5) is 0 Å². The van der Waals surface area contributed by atoms with Crippen LogP contribution >= 0.6 is 11.3 Å². The zero-order valence-corrected chi connectivity index (χ0v) is 10.9. The van der Waals surface area contributed by atoms with Crippen molar-refractivity contribution < 1.29 is 0 Å². The smallest absolute Gasteiger partial charge is 0.196 e. The molecule has 0 fully saturated rings. The average Bonchev–Trinajstić information content (AvgIpc) is 2.40. The molecule has 1 heterocycles. The van der Waals surface area contributed by atoms with Gasteiger partial charge >= 0.3 is 0 Å². The van der Waals surface area contributed by atoms with Crippen LogP contribution < -0.4 is 11.2 Å². The lowest BCUT2D eigenvalue weighted by molar-refractivity contribution is 1.06. The highest BCUT2D eigenvalue weighted by Gasteiger charge is 2.10. The summed E-state index contributed by atoms with van der Waals surface area (Å²) in [6, 6.07) is 11.8. The molecule has 0 amide bonds. The molecule has 0 aliphatic rings. The van der Waals surface area contributed by atoms with Gasteiger partial charge in [0.2, 0.25) is 0 Å². The fourth-order valence-corrected chi connectivity index (χ4v) is 3.43. The summed E-state index contributed by atoms with van der Waals surface area (Å²) in [5, 5.41) is 1.58. The Bertz CT molecular complexity index is 805. The summed E-state index contributed by atoms with van der Waals surface area (Å²) in [7, 11) is 0. The summed E-state index contributed by atoms with van der Waals surface area (Å²) in [5.74, 6) is 0. The second kappa shape index (κ2) is 4.19. The van der Waals surface area contributed by atoms with Crippen LogP contribution in [0.1, 0.15) is 11.1 Å². The maximum atomic E-state index is 12.6. The predicted octanol–water partition coefficient (Wildman–Crippen LogP) is 3.18. The Morgan fingerprint density at radius 3 is 2.67 bits per heavy atom. The molecule has 0 unspecified atom stereocenters. The molecule has 0 atom stereocenters. The van der Waals surface area contributed by atoms with E-state index in [1.165, 1.54) is 0 Å². The third-order valence-corrected chi connectivity index (χ3v) is 4.43. The van der Waals surface area contributed by atoms with E-state index in [4.69, 9.17) is 5.73 Å². The average molecular weight is 255 g/mol. The molecule has 0 aliphatic heterocycles. The fraction of sp³-hybridized carbons (Fsp3) is 0.133. The Morgan fingerprint density at radius 1 is 1.11 bits per heavy atom. The van der Waals surface area contributed by atoms with E-state index in [0.29, 0.717) is 6.54 Å². The monoisotopic (exact) mass is 255 g/mol. The molecule has 3 heteroatoms. The van der Waals surface area contributed by atoms with Crippen LogP contribution in [-0.2, 0) is 6.54 Å². The maximum absolute atomic E-state index is 12.6. The molecule has 2 nitrogen and oxygen atoms in total. The van der Waals surface area contributed by atoms with Crippen molar-refractivity contribution in [3.05, 3.63) is 57.7 Å². The molecule has 0 spiro atoms. The Balaban J connectivity index is 2.61. The van der Waals surface area contributed by atoms with Crippen LogP contribution in [-0.4, -0.2) is 0 Å². The highest BCUT2D eigenvalue weighted by molar-refractivity contribution is 7.24. The molecule has 3 rings (SSSR count). The Kier molecular flexibility index (Phi) is 2.65. The second-order valence-corrected chi connectivity index (χ2v) is 5.45. The maximum Gasteiger partial charge on any atom is 0.196 e. The Morgan fingerprint density at radius 2 is 1.89 bits per heavy atom. The van der Waals surface area contributed by atoms with Gasteiger partial charge in [-0.15, -0.1) is 11.3 Å². The number of benzene rings is 2. The van der Waals surface area contributed by atoms with Crippen LogP contribution in [0.3, 0.4) is 0 Å². The van der Waals surface area contributed by atoms with Gasteiger partial charge in [0.25, 0.3) is 0 Å². The standard InChI is InChI=1S/C15H13NOS/c1-9-6-7-13-14(11(9)8-16)15(17)10-4-2-3-5-12(10)18-13/h2-7H,8,16H2,1H3.